The third-order valence-corrected chi connectivity index (χ3v) is 5.99. The Morgan fingerprint density at radius 2 is 1.83 bits per heavy atom. The number of methoxy groups -OCH3 is 1. The molecule has 2 fully saturated rings. The maximum atomic E-state index is 12.6. The Kier molecular flexibility index (Phi) is 5.83. The number of ether oxygens (including phenoxy) is 4. The number of rotatable bonds is 3. The monoisotopic (exact) mass is 425 g/mol. The van der Waals surface area contributed by atoms with Crippen molar-refractivity contribution in [2.24, 2.45) is 5.73 Å². The molecule has 0 spiro atoms. The minimum atomic E-state index is -0.948. The number of pyridine rings is 1. The second kappa shape index (κ2) is 8.51. The first-order valence-electron chi connectivity index (χ1n) is 9.28. The summed E-state index contributed by atoms with van der Waals surface area (Å²) in [4.78, 5) is 34.9. The van der Waals surface area contributed by atoms with E-state index in [9.17, 15) is 9.59 Å². The minimum Gasteiger partial charge on any atom is -0.493 e. The smallest absolute Gasteiger partial charge is 0.412 e. The molecule has 0 aromatic carbocycles. The Balaban J connectivity index is 1.64. The van der Waals surface area contributed by atoms with Crippen molar-refractivity contribution >= 4 is 35.4 Å². The highest BCUT2D eigenvalue weighted by atomic mass is 32.2. The summed E-state index contributed by atoms with van der Waals surface area (Å²) >= 11 is 1.21. The van der Waals surface area contributed by atoms with E-state index in [0.29, 0.717) is 74.8 Å². The number of morpholine rings is 2. The molecule has 1 aromatic heterocycles. The first kappa shape index (κ1) is 19.9. The van der Waals surface area contributed by atoms with Crippen LogP contribution in [0, 0.1) is 0 Å². The summed E-state index contributed by atoms with van der Waals surface area (Å²) in [6.07, 6.45) is 1.02. The van der Waals surface area contributed by atoms with Crippen molar-refractivity contribution in [3.63, 3.8) is 0 Å². The van der Waals surface area contributed by atoms with Crippen LogP contribution < -0.4 is 20.3 Å². The molecule has 158 valence electrons. The molecule has 3 aliphatic rings. The van der Waals surface area contributed by atoms with Gasteiger partial charge in [-0.3, -0.25) is 0 Å². The number of fused-ring (bicyclic) bond motifs is 1. The molecule has 4 rings (SSSR count). The van der Waals surface area contributed by atoms with Crippen molar-refractivity contribution in [3.05, 3.63) is 6.20 Å². The highest BCUT2D eigenvalue weighted by Crippen LogP contribution is 2.52. The summed E-state index contributed by atoms with van der Waals surface area (Å²) in [5.41, 5.74) is 5.16. The number of hydrogen-bond acceptors (Lipinski definition) is 9. The van der Waals surface area contributed by atoms with Gasteiger partial charge in [-0.25, -0.2) is 19.5 Å². The fourth-order valence-electron chi connectivity index (χ4n) is 3.40. The second-order valence-corrected chi connectivity index (χ2v) is 7.59. The van der Waals surface area contributed by atoms with Crippen molar-refractivity contribution in [2.75, 3.05) is 69.5 Å². The van der Waals surface area contributed by atoms with E-state index in [2.05, 4.69) is 9.88 Å². The zero-order chi connectivity index (χ0) is 20.4. The summed E-state index contributed by atoms with van der Waals surface area (Å²) < 4.78 is 21.7. The van der Waals surface area contributed by atoms with Crippen molar-refractivity contribution in [1.82, 2.24) is 9.88 Å². The molecule has 1 atom stereocenters. The quantitative estimate of drug-likeness (QED) is 0.745. The zero-order valence-electron chi connectivity index (χ0n) is 16.0. The van der Waals surface area contributed by atoms with Crippen LogP contribution in [0.25, 0.3) is 0 Å². The van der Waals surface area contributed by atoms with Crippen LogP contribution in [0.3, 0.4) is 0 Å². The van der Waals surface area contributed by atoms with E-state index in [-0.39, 0.29) is 0 Å². The number of carbonyl (C=O) groups excluding carboxylic acids is 2. The number of urea groups is 1. The van der Waals surface area contributed by atoms with Gasteiger partial charge in [0, 0.05) is 26.2 Å². The molecular formula is C17H23N5O6S. The van der Waals surface area contributed by atoms with Gasteiger partial charge in [-0.05, 0) is 0 Å². The molecule has 1 unspecified atom stereocenters. The maximum absolute atomic E-state index is 12.6. The Morgan fingerprint density at radius 1 is 1.17 bits per heavy atom. The van der Waals surface area contributed by atoms with E-state index < -0.39 is 17.7 Å². The largest absolute Gasteiger partial charge is 0.493 e. The lowest BCUT2D eigenvalue weighted by Gasteiger charge is -2.29. The summed E-state index contributed by atoms with van der Waals surface area (Å²) in [5.74, 6) is 1.07. The Bertz CT molecular complexity index is 784. The summed E-state index contributed by atoms with van der Waals surface area (Å²) in [6.45, 7) is 4.27. The standard InChI is InChI=1S/C17H23N5O6S/c1-25-11-10-19-14(20-2-6-26-7-3-20)13-12(11)22(15(18)23)17(29-13)28-16(24)21-4-8-27-9-5-21/h10,17H,2-9H2,1H3,(H2,18,23). The van der Waals surface area contributed by atoms with E-state index in [1.54, 1.807) is 11.1 Å². The van der Waals surface area contributed by atoms with Gasteiger partial charge in [-0.15, -0.1) is 0 Å². The molecule has 3 aliphatic heterocycles. The normalized spacial score (nSPS) is 21.7. The number of aromatic nitrogens is 1. The third kappa shape index (κ3) is 3.87. The maximum Gasteiger partial charge on any atom is 0.412 e. The van der Waals surface area contributed by atoms with Crippen LogP contribution in [0.4, 0.5) is 21.1 Å². The number of amides is 3. The van der Waals surface area contributed by atoms with E-state index in [1.165, 1.54) is 23.8 Å². The van der Waals surface area contributed by atoms with E-state index in [0.717, 1.165) is 0 Å². The molecule has 0 saturated carbocycles. The third-order valence-electron chi connectivity index (χ3n) is 4.86. The number of hydrogen-bond donors (Lipinski definition) is 1. The molecule has 0 aliphatic carbocycles. The van der Waals surface area contributed by atoms with Crippen LogP contribution in [0.5, 0.6) is 5.75 Å². The van der Waals surface area contributed by atoms with Gasteiger partial charge >= 0.3 is 12.1 Å². The minimum absolute atomic E-state index is 0.383. The van der Waals surface area contributed by atoms with Gasteiger partial charge in [-0.1, -0.05) is 11.8 Å². The predicted molar refractivity (Wildman–Crippen MR) is 104 cm³/mol. The van der Waals surface area contributed by atoms with Crippen LogP contribution in [0.1, 0.15) is 0 Å². The van der Waals surface area contributed by atoms with Gasteiger partial charge in [0.15, 0.2) is 5.75 Å². The van der Waals surface area contributed by atoms with Crippen molar-refractivity contribution in [2.45, 2.75) is 10.5 Å². The summed E-state index contributed by atoms with van der Waals surface area (Å²) in [5, 5.41) is 0. The topological polar surface area (TPSA) is 120 Å². The lowest BCUT2D eigenvalue weighted by molar-refractivity contribution is 0.0247. The average Bonchev–Trinajstić information content (AvgIpc) is 3.13. The van der Waals surface area contributed by atoms with Crippen molar-refractivity contribution in [1.29, 1.82) is 0 Å². The molecule has 11 nitrogen and oxygen atoms in total. The molecule has 2 saturated heterocycles. The average molecular weight is 425 g/mol. The number of thioether (sulfide) groups is 1. The molecular weight excluding hydrogens is 402 g/mol. The SMILES string of the molecule is COc1cnc(N2CCOCC2)c2c1N(C(N)=O)C(OC(=O)N1CCOCC1)S2. The summed E-state index contributed by atoms with van der Waals surface area (Å²) in [7, 11) is 1.49. The molecule has 4 heterocycles. The van der Waals surface area contributed by atoms with Gasteiger partial charge < -0.3 is 34.5 Å². The fourth-order valence-corrected chi connectivity index (χ4v) is 4.64. The Morgan fingerprint density at radius 3 is 2.45 bits per heavy atom. The van der Waals surface area contributed by atoms with Crippen LogP contribution in [-0.2, 0) is 14.2 Å². The van der Waals surface area contributed by atoms with E-state index >= 15 is 0 Å². The van der Waals surface area contributed by atoms with Gasteiger partial charge in [0.2, 0.25) is 5.56 Å². The van der Waals surface area contributed by atoms with Crippen LogP contribution in [0.2, 0.25) is 0 Å². The predicted octanol–water partition coefficient (Wildman–Crippen LogP) is 0.670. The van der Waals surface area contributed by atoms with Crippen LogP contribution in [-0.4, -0.2) is 87.3 Å². The molecule has 0 bridgehead atoms. The van der Waals surface area contributed by atoms with Gasteiger partial charge in [0.25, 0.3) is 0 Å². The highest BCUT2D eigenvalue weighted by Gasteiger charge is 2.42. The molecule has 29 heavy (non-hydrogen) atoms. The number of primary amides is 1. The lowest BCUT2D eigenvalue weighted by atomic mass is 10.3. The van der Waals surface area contributed by atoms with Crippen LogP contribution in [0.15, 0.2) is 11.1 Å². The van der Waals surface area contributed by atoms with E-state index in [1.807, 2.05) is 0 Å². The van der Waals surface area contributed by atoms with Gasteiger partial charge in [0.1, 0.15) is 11.5 Å². The summed E-state index contributed by atoms with van der Waals surface area (Å²) in [6, 6.07) is -0.742. The lowest BCUT2D eigenvalue weighted by Crippen LogP contribution is -2.46. The number of anilines is 2. The highest BCUT2D eigenvalue weighted by molar-refractivity contribution is 8.00. The molecule has 12 heteroatoms. The van der Waals surface area contributed by atoms with Crippen molar-refractivity contribution < 1.29 is 28.5 Å². The Labute approximate surface area is 172 Å². The number of carbonyl (C=O) groups is 2. The van der Waals surface area contributed by atoms with Crippen LogP contribution >= 0.6 is 11.8 Å². The molecule has 0 radical (unpaired) electrons. The zero-order valence-corrected chi connectivity index (χ0v) is 16.9. The second-order valence-electron chi connectivity index (χ2n) is 6.54. The van der Waals surface area contributed by atoms with Gasteiger partial charge in [-0.2, -0.15) is 0 Å². The molecule has 2 N–H and O–H groups in total. The molecule has 3 amide bonds. The number of nitrogens with zero attached hydrogens (tertiary/aromatic N) is 4. The number of nitrogens with two attached hydrogens (primary N) is 1. The van der Waals surface area contributed by atoms with Gasteiger partial charge in [0.05, 0.1) is 44.6 Å². The first-order chi connectivity index (χ1) is 14.1. The molecule has 1 aromatic rings. The van der Waals surface area contributed by atoms with E-state index in [4.69, 9.17) is 24.7 Å². The Hall–Kier alpha value is -2.44. The van der Waals surface area contributed by atoms with Crippen molar-refractivity contribution in [3.8, 4) is 5.75 Å². The first-order valence-corrected chi connectivity index (χ1v) is 10.2. The fraction of sp³-hybridized carbons (Fsp3) is 0.588.